The second kappa shape index (κ2) is 11.7. The number of benzene rings is 2. The summed E-state index contributed by atoms with van der Waals surface area (Å²) in [5.74, 6) is -1.43. The van der Waals surface area contributed by atoms with E-state index in [1.807, 2.05) is 19.6 Å². The SMILES string of the molecule is C=O.C=O.N#C[C@]1(C(=O)N2CC3(CC3)[C@H](CCF)[C@@H]2Cc2cccc(-c3cccc(F)c3)c2F)CCO1. The third-order valence-corrected chi connectivity index (χ3v) is 7.68. The van der Waals surface area contributed by atoms with Gasteiger partial charge in [0.1, 0.15) is 31.3 Å². The summed E-state index contributed by atoms with van der Waals surface area (Å²) in [6.07, 6.45) is 2.61. The van der Waals surface area contributed by atoms with E-state index < -0.39 is 35.9 Å². The van der Waals surface area contributed by atoms with Gasteiger partial charge in [-0.3, -0.25) is 9.18 Å². The molecule has 0 radical (unpaired) electrons. The number of halogens is 3. The minimum Gasteiger partial charge on any atom is -0.352 e. The van der Waals surface area contributed by atoms with Gasteiger partial charge in [-0.1, -0.05) is 30.3 Å². The van der Waals surface area contributed by atoms with E-state index in [2.05, 4.69) is 0 Å². The van der Waals surface area contributed by atoms with Crippen molar-refractivity contribution in [3.8, 4) is 17.2 Å². The normalized spacial score (nSPS) is 24.5. The lowest BCUT2D eigenvalue weighted by Crippen LogP contribution is -2.58. The molecule has 0 N–H and O–H groups in total. The lowest BCUT2D eigenvalue weighted by atomic mass is 9.82. The molecule has 3 aliphatic rings. The van der Waals surface area contributed by atoms with Crippen LogP contribution in [0.5, 0.6) is 0 Å². The highest BCUT2D eigenvalue weighted by atomic mass is 19.1. The molecule has 0 bridgehead atoms. The van der Waals surface area contributed by atoms with Crippen molar-refractivity contribution in [2.75, 3.05) is 19.8 Å². The molecule has 2 aromatic carbocycles. The Labute approximate surface area is 214 Å². The van der Waals surface area contributed by atoms with E-state index in [1.54, 1.807) is 29.2 Å². The number of hydrogen-bond donors (Lipinski definition) is 0. The minimum absolute atomic E-state index is 0.112. The van der Waals surface area contributed by atoms with Crippen molar-refractivity contribution in [1.29, 1.82) is 5.26 Å². The quantitative estimate of drug-likeness (QED) is 0.568. The zero-order chi connectivity index (χ0) is 27.2. The first-order valence-electron chi connectivity index (χ1n) is 12.0. The highest BCUT2D eigenvalue weighted by Gasteiger charge is 2.62. The molecule has 196 valence electrons. The third-order valence-electron chi connectivity index (χ3n) is 7.68. The van der Waals surface area contributed by atoms with Crippen LogP contribution in [0.15, 0.2) is 42.5 Å². The predicted molar refractivity (Wildman–Crippen MR) is 130 cm³/mol. The molecule has 1 spiro atoms. The third kappa shape index (κ3) is 5.16. The topological polar surface area (TPSA) is 87.5 Å². The van der Waals surface area contributed by atoms with Gasteiger partial charge in [0.15, 0.2) is 0 Å². The molecular weight excluding hydrogens is 485 g/mol. The molecule has 1 amide bonds. The fourth-order valence-electron chi connectivity index (χ4n) is 5.66. The van der Waals surface area contributed by atoms with Gasteiger partial charge >= 0.3 is 0 Å². The van der Waals surface area contributed by atoms with Gasteiger partial charge in [-0.05, 0) is 60.3 Å². The zero-order valence-corrected chi connectivity index (χ0v) is 20.4. The number of nitriles is 1. The van der Waals surface area contributed by atoms with Crippen LogP contribution in [0.2, 0.25) is 0 Å². The molecule has 0 aromatic heterocycles. The molecule has 3 fully saturated rings. The number of carbonyl (C=O) groups excluding carboxylic acids is 3. The van der Waals surface area contributed by atoms with E-state index in [-0.39, 0.29) is 23.3 Å². The summed E-state index contributed by atoms with van der Waals surface area (Å²) in [5, 5.41) is 9.61. The van der Waals surface area contributed by atoms with Gasteiger partial charge in [-0.25, -0.2) is 8.78 Å². The number of ether oxygens (including phenoxy) is 1. The first-order valence-corrected chi connectivity index (χ1v) is 12.0. The van der Waals surface area contributed by atoms with Crippen molar-refractivity contribution >= 4 is 19.5 Å². The van der Waals surface area contributed by atoms with Crippen LogP contribution >= 0.6 is 0 Å². The molecule has 2 aromatic rings. The van der Waals surface area contributed by atoms with Crippen LogP contribution in [0.3, 0.4) is 0 Å². The van der Waals surface area contributed by atoms with Crippen LogP contribution in [0.25, 0.3) is 11.1 Å². The average Bonchev–Trinajstić information content (AvgIpc) is 3.62. The van der Waals surface area contributed by atoms with Crippen LogP contribution in [0.4, 0.5) is 13.2 Å². The predicted octanol–water partition coefficient (Wildman–Crippen LogP) is 4.45. The lowest BCUT2D eigenvalue weighted by Gasteiger charge is -2.39. The van der Waals surface area contributed by atoms with E-state index >= 15 is 4.39 Å². The summed E-state index contributed by atoms with van der Waals surface area (Å²) in [4.78, 5) is 31.1. The number of amides is 1. The highest BCUT2D eigenvalue weighted by Crippen LogP contribution is 2.60. The molecule has 9 heteroatoms. The van der Waals surface area contributed by atoms with Crippen LogP contribution in [-0.4, -0.2) is 55.9 Å². The van der Waals surface area contributed by atoms with E-state index in [0.717, 1.165) is 12.8 Å². The molecule has 2 saturated heterocycles. The van der Waals surface area contributed by atoms with Crippen molar-refractivity contribution in [3.05, 3.63) is 59.7 Å². The Bertz CT molecular complexity index is 1160. The van der Waals surface area contributed by atoms with Gasteiger partial charge in [-0.2, -0.15) is 5.26 Å². The van der Waals surface area contributed by atoms with Crippen molar-refractivity contribution in [3.63, 3.8) is 0 Å². The van der Waals surface area contributed by atoms with E-state index in [0.29, 0.717) is 37.1 Å². The van der Waals surface area contributed by atoms with Crippen molar-refractivity contribution in [1.82, 2.24) is 4.90 Å². The summed E-state index contributed by atoms with van der Waals surface area (Å²) in [5.41, 5.74) is -0.549. The molecular formula is C28H29F3N2O4. The fraction of sp³-hybridized carbons (Fsp3) is 0.429. The number of carbonyl (C=O) groups is 3. The summed E-state index contributed by atoms with van der Waals surface area (Å²) in [6.45, 7) is 4.27. The van der Waals surface area contributed by atoms with Crippen molar-refractivity contribution < 1.29 is 32.3 Å². The monoisotopic (exact) mass is 514 g/mol. The minimum atomic E-state index is -1.49. The Hall–Kier alpha value is -3.51. The molecule has 3 atom stereocenters. The second-order valence-corrected chi connectivity index (χ2v) is 9.48. The summed E-state index contributed by atoms with van der Waals surface area (Å²) in [6, 6.07) is 12.3. The second-order valence-electron chi connectivity index (χ2n) is 9.48. The van der Waals surface area contributed by atoms with Crippen molar-refractivity contribution in [2.24, 2.45) is 11.3 Å². The molecule has 5 rings (SSSR count). The summed E-state index contributed by atoms with van der Waals surface area (Å²) < 4.78 is 48.3. The fourth-order valence-corrected chi connectivity index (χ4v) is 5.66. The van der Waals surface area contributed by atoms with Gasteiger partial charge in [0, 0.05) is 24.6 Å². The van der Waals surface area contributed by atoms with Crippen LogP contribution < -0.4 is 0 Å². The number of nitrogens with zero attached hydrogens (tertiary/aromatic N) is 2. The molecule has 37 heavy (non-hydrogen) atoms. The number of hydrogen-bond acceptors (Lipinski definition) is 5. The Balaban J connectivity index is 0.000000907. The molecule has 1 aliphatic carbocycles. The Morgan fingerprint density at radius 2 is 1.78 bits per heavy atom. The van der Waals surface area contributed by atoms with Crippen LogP contribution in [-0.2, 0) is 25.5 Å². The Morgan fingerprint density at radius 1 is 1.11 bits per heavy atom. The van der Waals surface area contributed by atoms with Crippen LogP contribution in [0.1, 0.15) is 31.2 Å². The van der Waals surface area contributed by atoms with Gasteiger partial charge in [0.05, 0.1) is 13.3 Å². The summed E-state index contributed by atoms with van der Waals surface area (Å²) >= 11 is 0. The van der Waals surface area contributed by atoms with Crippen LogP contribution in [0, 0.1) is 34.3 Å². The smallest absolute Gasteiger partial charge is 0.270 e. The Kier molecular flexibility index (Phi) is 8.87. The molecule has 2 aliphatic heterocycles. The standard InChI is InChI=1S/C26H25F3N2O2.2CH2O/c27-11-7-21-22(31(16-25(21)8-9-25)24(32)26(15-30)10-12-33-26)14-18-4-2-6-20(23(18)29)17-3-1-5-19(28)13-17;2*1-2/h1-6,13,21-22H,7-12,14,16H2;2*1H2/t21-,22+,26+;;/m1../s1. The average molecular weight is 515 g/mol. The Morgan fingerprint density at radius 3 is 2.32 bits per heavy atom. The highest BCUT2D eigenvalue weighted by molar-refractivity contribution is 5.90. The van der Waals surface area contributed by atoms with E-state index in [9.17, 15) is 18.8 Å². The molecule has 1 saturated carbocycles. The van der Waals surface area contributed by atoms with Gasteiger partial charge in [0.2, 0.25) is 5.60 Å². The first-order chi connectivity index (χ1) is 17.9. The van der Waals surface area contributed by atoms with E-state index in [4.69, 9.17) is 14.3 Å². The van der Waals surface area contributed by atoms with Gasteiger partial charge in [-0.15, -0.1) is 0 Å². The number of likely N-dealkylation sites (tertiary alicyclic amines) is 1. The molecule has 6 nitrogen and oxygen atoms in total. The molecule has 2 heterocycles. The maximum Gasteiger partial charge on any atom is 0.270 e. The zero-order valence-electron chi connectivity index (χ0n) is 20.4. The first kappa shape index (κ1) is 28.1. The number of alkyl halides is 1. The maximum atomic E-state index is 15.6. The van der Waals surface area contributed by atoms with Gasteiger partial charge in [0.25, 0.3) is 5.91 Å². The lowest BCUT2D eigenvalue weighted by molar-refractivity contribution is -0.172. The summed E-state index contributed by atoms with van der Waals surface area (Å²) in [7, 11) is 0. The largest absolute Gasteiger partial charge is 0.352 e. The van der Waals surface area contributed by atoms with Crippen molar-refractivity contribution in [2.45, 2.75) is 43.7 Å². The molecule has 0 unspecified atom stereocenters. The maximum absolute atomic E-state index is 15.6. The van der Waals surface area contributed by atoms with Gasteiger partial charge < -0.3 is 19.2 Å². The number of rotatable bonds is 6. The van der Waals surface area contributed by atoms with E-state index in [1.165, 1.54) is 18.2 Å².